The fourth-order valence-corrected chi connectivity index (χ4v) is 10.9. The van der Waals surface area contributed by atoms with E-state index in [9.17, 15) is 0 Å². The quantitative estimate of drug-likeness (QED) is 0.178. The summed E-state index contributed by atoms with van der Waals surface area (Å²) in [5.41, 5.74) is 21.2. The SMILES string of the molecule is Cc1ccc(-c2ccc(N(c3ccc4c(c3)C(C)(C)c3ccccc3-4)c3ccc4c(c3)C3(C5=C(CCC=C5)C5C=CC=CC53)c3ccccc3-4)cc2)cc1. The lowest BCUT2D eigenvalue weighted by atomic mass is 9.64. The van der Waals surface area contributed by atoms with Crippen molar-refractivity contribution in [3.05, 3.63) is 209 Å². The van der Waals surface area contributed by atoms with Gasteiger partial charge in [-0.3, -0.25) is 0 Å². The second kappa shape index (κ2) is 11.5. The predicted octanol–water partition coefficient (Wildman–Crippen LogP) is 13.7. The van der Waals surface area contributed by atoms with Crippen molar-refractivity contribution in [2.24, 2.45) is 11.8 Å². The Bertz CT molecular complexity index is 2640. The highest BCUT2D eigenvalue weighted by molar-refractivity contribution is 5.91. The first kappa shape index (κ1) is 31.6. The molecule has 260 valence electrons. The second-order valence-electron chi connectivity index (χ2n) is 16.4. The Morgan fingerprint density at radius 2 is 1.13 bits per heavy atom. The number of rotatable bonds is 4. The van der Waals surface area contributed by atoms with Gasteiger partial charge in [-0.25, -0.2) is 0 Å². The Hall–Kier alpha value is -5.92. The van der Waals surface area contributed by atoms with Crippen LogP contribution in [0.5, 0.6) is 0 Å². The van der Waals surface area contributed by atoms with E-state index in [-0.39, 0.29) is 10.8 Å². The zero-order valence-electron chi connectivity index (χ0n) is 31.2. The van der Waals surface area contributed by atoms with Crippen LogP contribution in [0.1, 0.15) is 54.5 Å². The van der Waals surface area contributed by atoms with Crippen molar-refractivity contribution in [1.29, 1.82) is 0 Å². The first-order valence-electron chi connectivity index (χ1n) is 19.7. The van der Waals surface area contributed by atoms with E-state index < -0.39 is 0 Å². The van der Waals surface area contributed by atoms with Crippen LogP contribution in [-0.4, -0.2) is 0 Å². The van der Waals surface area contributed by atoms with Gasteiger partial charge in [-0.15, -0.1) is 0 Å². The third-order valence-electron chi connectivity index (χ3n) is 13.3. The van der Waals surface area contributed by atoms with Gasteiger partial charge in [0.15, 0.2) is 0 Å². The molecule has 0 heterocycles. The van der Waals surface area contributed by atoms with Crippen molar-refractivity contribution in [3.8, 4) is 33.4 Å². The molecule has 3 atom stereocenters. The molecule has 0 bridgehead atoms. The van der Waals surface area contributed by atoms with Crippen molar-refractivity contribution in [1.82, 2.24) is 0 Å². The van der Waals surface area contributed by atoms with Gasteiger partial charge in [-0.1, -0.05) is 159 Å². The molecular weight excluding hydrogens is 651 g/mol. The minimum atomic E-state index is -0.233. The summed E-state index contributed by atoms with van der Waals surface area (Å²) in [6.45, 7) is 6.91. The lowest BCUT2D eigenvalue weighted by Crippen LogP contribution is -2.34. The number of allylic oxidation sites excluding steroid dienone is 8. The zero-order chi connectivity index (χ0) is 36.2. The van der Waals surface area contributed by atoms with E-state index in [0.717, 1.165) is 18.5 Å². The molecule has 0 saturated carbocycles. The second-order valence-corrected chi connectivity index (χ2v) is 16.4. The van der Waals surface area contributed by atoms with E-state index in [4.69, 9.17) is 0 Å². The van der Waals surface area contributed by atoms with Crippen LogP contribution in [0.3, 0.4) is 0 Å². The molecule has 1 nitrogen and oxygen atoms in total. The fraction of sp³-hybridized carbons (Fsp3) is 0.170. The van der Waals surface area contributed by atoms with Gasteiger partial charge in [0.1, 0.15) is 0 Å². The zero-order valence-corrected chi connectivity index (χ0v) is 31.2. The van der Waals surface area contributed by atoms with Gasteiger partial charge in [-0.2, -0.15) is 0 Å². The molecule has 11 rings (SSSR count). The topological polar surface area (TPSA) is 3.24 Å². The Balaban J connectivity index is 1.13. The lowest BCUT2D eigenvalue weighted by Gasteiger charge is -2.38. The largest absolute Gasteiger partial charge is 0.310 e. The monoisotopic (exact) mass is 693 g/mol. The molecule has 6 aromatic rings. The van der Waals surface area contributed by atoms with Crippen LogP contribution >= 0.6 is 0 Å². The van der Waals surface area contributed by atoms with Crippen LogP contribution in [0, 0.1) is 18.8 Å². The molecule has 5 aliphatic carbocycles. The summed E-state index contributed by atoms with van der Waals surface area (Å²) in [6.07, 6.45) is 16.7. The molecule has 3 unspecified atom stereocenters. The maximum Gasteiger partial charge on any atom is 0.0535 e. The highest BCUT2D eigenvalue weighted by atomic mass is 15.1. The van der Waals surface area contributed by atoms with Crippen LogP contribution in [-0.2, 0) is 10.8 Å². The Morgan fingerprint density at radius 3 is 1.87 bits per heavy atom. The van der Waals surface area contributed by atoms with Gasteiger partial charge in [0.05, 0.1) is 5.41 Å². The third-order valence-corrected chi connectivity index (χ3v) is 13.3. The van der Waals surface area contributed by atoms with Crippen LogP contribution in [0.4, 0.5) is 17.1 Å². The standard InChI is InChI=1S/C53H43N/c1-34-20-22-35(23-21-34)36-24-26-37(27-25-36)54(38-28-30-44-40-12-4-8-16-46(40)52(2,3)50(44)32-38)39-29-31-45-43-15-7-11-19-49(43)53(51(45)33-39)47-17-9-5-13-41(47)42-14-6-10-18-48(42)53/h4-5,7-13,15-33,41,47H,6,14H2,1-3H3. The maximum absolute atomic E-state index is 2.55. The smallest absolute Gasteiger partial charge is 0.0535 e. The summed E-state index contributed by atoms with van der Waals surface area (Å²) in [6, 6.07) is 50.7. The van der Waals surface area contributed by atoms with E-state index in [2.05, 4.69) is 196 Å². The molecule has 0 aromatic heterocycles. The number of nitrogens with zero attached hydrogens (tertiary/aromatic N) is 1. The normalized spacial score (nSPS) is 21.8. The lowest BCUT2D eigenvalue weighted by molar-refractivity contribution is 0.431. The Morgan fingerprint density at radius 1 is 0.556 bits per heavy atom. The Kier molecular flexibility index (Phi) is 6.75. The maximum atomic E-state index is 2.55. The van der Waals surface area contributed by atoms with E-state index in [1.54, 1.807) is 5.57 Å². The molecule has 6 aromatic carbocycles. The number of fused-ring (bicyclic) bond motifs is 12. The minimum absolute atomic E-state index is 0.0948. The van der Waals surface area contributed by atoms with Gasteiger partial charge >= 0.3 is 0 Å². The molecule has 0 aliphatic heterocycles. The molecule has 1 spiro atoms. The van der Waals surface area contributed by atoms with E-state index in [0.29, 0.717) is 11.8 Å². The molecule has 1 heteroatoms. The van der Waals surface area contributed by atoms with Crippen molar-refractivity contribution in [2.45, 2.75) is 44.4 Å². The van der Waals surface area contributed by atoms with E-state index in [1.165, 1.54) is 78.1 Å². The summed E-state index contributed by atoms with van der Waals surface area (Å²) >= 11 is 0. The highest BCUT2D eigenvalue weighted by Gasteiger charge is 2.57. The van der Waals surface area contributed by atoms with E-state index >= 15 is 0 Å². The van der Waals surface area contributed by atoms with Gasteiger partial charge in [0.25, 0.3) is 0 Å². The fourth-order valence-electron chi connectivity index (χ4n) is 10.9. The average molecular weight is 694 g/mol. The minimum Gasteiger partial charge on any atom is -0.310 e. The van der Waals surface area contributed by atoms with Gasteiger partial charge < -0.3 is 4.90 Å². The van der Waals surface area contributed by atoms with E-state index in [1.807, 2.05) is 0 Å². The molecule has 0 N–H and O–H groups in total. The van der Waals surface area contributed by atoms with Gasteiger partial charge in [-0.05, 0) is 117 Å². The Labute approximate surface area is 319 Å². The summed E-state index contributed by atoms with van der Waals surface area (Å²) in [5, 5.41) is 0. The van der Waals surface area contributed by atoms with Crippen LogP contribution in [0.25, 0.3) is 33.4 Å². The average Bonchev–Trinajstić information content (AvgIpc) is 3.77. The summed E-state index contributed by atoms with van der Waals surface area (Å²) in [4.78, 5) is 2.50. The summed E-state index contributed by atoms with van der Waals surface area (Å²) < 4.78 is 0. The predicted molar refractivity (Wildman–Crippen MR) is 226 cm³/mol. The molecule has 0 amide bonds. The van der Waals surface area contributed by atoms with Gasteiger partial charge in [0, 0.05) is 34.3 Å². The number of hydrogen-bond donors (Lipinski definition) is 0. The first-order chi connectivity index (χ1) is 26.4. The molecular formula is C53H43N. The van der Waals surface area contributed by atoms with Crippen molar-refractivity contribution >= 4 is 17.1 Å². The highest BCUT2D eigenvalue weighted by Crippen LogP contribution is 2.66. The van der Waals surface area contributed by atoms with Crippen molar-refractivity contribution in [3.63, 3.8) is 0 Å². The van der Waals surface area contributed by atoms with Crippen LogP contribution in [0.15, 0.2) is 181 Å². The molecule has 54 heavy (non-hydrogen) atoms. The number of hydrogen-bond acceptors (Lipinski definition) is 1. The number of benzene rings is 6. The number of anilines is 3. The van der Waals surface area contributed by atoms with Crippen LogP contribution < -0.4 is 4.90 Å². The molecule has 5 aliphatic rings. The first-order valence-corrected chi connectivity index (χ1v) is 19.7. The summed E-state index contributed by atoms with van der Waals surface area (Å²) in [7, 11) is 0. The van der Waals surface area contributed by atoms with Gasteiger partial charge in [0.2, 0.25) is 0 Å². The third kappa shape index (κ3) is 4.27. The molecule has 0 radical (unpaired) electrons. The van der Waals surface area contributed by atoms with Crippen LogP contribution in [0.2, 0.25) is 0 Å². The summed E-state index contributed by atoms with van der Waals surface area (Å²) in [5.74, 6) is 0.762. The molecule has 0 fully saturated rings. The van der Waals surface area contributed by atoms with Crippen molar-refractivity contribution < 1.29 is 0 Å². The van der Waals surface area contributed by atoms with Crippen molar-refractivity contribution in [2.75, 3.05) is 4.90 Å². The number of aryl methyl sites for hydroxylation is 1. The molecule has 0 saturated heterocycles.